The zero-order valence-electron chi connectivity index (χ0n) is 23.4. The number of benzene rings is 3. The molecule has 0 radical (unpaired) electrons. The SMILES string of the molecule is CC.CCCC(CC)C(C)(c1cccc(Cl)c1)c1cccc(Cl)c1.CCOC(=O)CCc1ccccc1. The molecule has 0 fully saturated rings. The van der Waals surface area contributed by atoms with Gasteiger partial charge in [-0.1, -0.05) is 125 Å². The van der Waals surface area contributed by atoms with Gasteiger partial charge in [0.25, 0.3) is 0 Å². The first-order chi connectivity index (χ1) is 17.8. The van der Waals surface area contributed by atoms with Crippen molar-refractivity contribution in [3.05, 3.63) is 106 Å². The highest BCUT2D eigenvalue weighted by Crippen LogP contribution is 2.44. The minimum Gasteiger partial charge on any atom is -0.466 e. The van der Waals surface area contributed by atoms with Crippen LogP contribution in [0.4, 0.5) is 0 Å². The van der Waals surface area contributed by atoms with Crippen molar-refractivity contribution in [2.45, 2.75) is 79.1 Å². The monoisotopic (exact) mass is 542 g/mol. The predicted octanol–water partition coefficient (Wildman–Crippen LogP) is 10.3. The molecule has 0 aliphatic carbocycles. The number of rotatable bonds is 10. The van der Waals surface area contributed by atoms with E-state index in [1.54, 1.807) is 0 Å². The maximum Gasteiger partial charge on any atom is 0.306 e. The van der Waals surface area contributed by atoms with Crippen molar-refractivity contribution in [2.75, 3.05) is 6.61 Å². The molecular weight excluding hydrogens is 499 g/mol. The lowest BCUT2D eigenvalue weighted by Gasteiger charge is -2.39. The first kappa shape index (κ1) is 32.7. The zero-order valence-corrected chi connectivity index (χ0v) is 24.9. The molecule has 0 spiro atoms. The van der Waals surface area contributed by atoms with Crippen LogP contribution < -0.4 is 0 Å². The minimum absolute atomic E-state index is 0.0828. The number of aryl methyl sites for hydroxylation is 1. The number of esters is 1. The molecule has 1 unspecified atom stereocenters. The van der Waals surface area contributed by atoms with Gasteiger partial charge < -0.3 is 4.74 Å². The van der Waals surface area contributed by atoms with Crippen molar-refractivity contribution in [3.63, 3.8) is 0 Å². The fourth-order valence-corrected chi connectivity index (χ4v) is 5.02. The molecule has 0 heterocycles. The van der Waals surface area contributed by atoms with Crippen LogP contribution in [0, 0.1) is 5.92 Å². The van der Waals surface area contributed by atoms with Crippen molar-refractivity contribution < 1.29 is 9.53 Å². The van der Waals surface area contributed by atoms with Crippen LogP contribution in [-0.4, -0.2) is 12.6 Å². The summed E-state index contributed by atoms with van der Waals surface area (Å²) >= 11 is 12.5. The number of carbonyl (C=O) groups excluding carboxylic acids is 1. The van der Waals surface area contributed by atoms with E-state index in [1.807, 2.05) is 75.4 Å². The van der Waals surface area contributed by atoms with Crippen molar-refractivity contribution in [1.82, 2.24) is 0 Å². The average Bonchev–Trinajstić information content (AvgIpc) is 2.92. The second-order valence-electron chi connectivity index (χ2n) is 8.91. The quantitative estimate of drug-likeness (QED) is 0.238. The number of hydrogen-bond donors (Lipinski definition) is 0. The van der Waals surface area contributed by atoms with Crippen LogP contribution in [0.25, 0.3) is 0 Å². The molecule has 0 aliphatic rings. The summed E-state index contributed by atoms with van der Waals surface area (Å²) in [5.74, 6) is 0.431. The second-order valence-corrected chi connectivity index (χ2v) is 9.78. The van der Waals surface area contributed by atoms with E-state index >= 15 is 0 Å². The Hall–Kier alpha value is -2.29. The lowest BCUT2D eigenvalue weighted by atomic mass is 9.65. The molecule has 0 saturated carbocycles. The summed E-state index contributed by atoms with van der Waals surface area (Å²) in [5.41, 5.74) is 3.63. The molecule has 0 saturated heterocycles. The summed E-state index contributed by atoms with van der Waals surface area (Å²) in [6.45, 7) is 13.1. The Labute approximate surface area is 235 Å². The molecule has 3 aromatic carbocycles. The highest BCUT2D eigenvalue weighted by molar-refractivity contribution is 6.31. The van der Waals surface area contributed by atoms with Crippen LogP contribution in [0.5, 0.6) is 0 Å². The predicted molar refractivity (Wildman–Crippen MR) is 161 cm³/mol. The Morgan fingerprint density at radius 2 is 1.38 bits per heavy atom. The molecule has 3 rings (SSSR count). The van der Waals surface area contributed by atoms with Crippen LogP contribution in [0.15, 0.2) is 78.9 Å². The Kier molecular flexibility index (Phi) is 16.0. The normalized spacial score (nSPS) is 11.4. The number of carbonyl (C=O) groups is 1. The van der Waals surface area contributed by atoms with Gasteiger partial charge in [-0.25, -0.2) is 0 Å². The van der Waals surface area contributed by atoms with Crippen molar-refractivity contribution in [3.8, 4) is 0 Å². The van der Waals surface area contributed by atoms with Crippen molar-refractivity contribution >= 4 is 29.2 Å². The van der Waals surface area contributed by atoms with E-state index in [0.717, 1.165) is 22.9 Å². The van der Waals surface area contributed by atoms with Gasteiger partial charge in [0.1, 0.15) is 0 Å². The van der Waals surface area contributed by atoms with Crippen LogP contribution in [0.1, 0.15) is 83.9 Å². The number of ether oxygens (including phenoxy) is 1. The van der Waals surface area contributed by atoms with E-state index in [0.29, 0.717) is 18.9 Å². The van der Waals surface area contributed by atoms with Crippen LogP contribution in [0.2, 0.25) is 10.0 Å². The summed E-state index contributed by atoms with van der Waals surface area (Å²) in [6, 6.07) is 26.5. The van der Waals surface area contributed by atoms with Gasteiger partial charge >= 0.3 is 5.97 Å². The molecule has 0 aliphatic heterocycles. The van der Waals surface area contributed by atoms with Gasteiger partial charge in [-0.2, -0.15) is 0 Å². The molecule has 2 nitrogen and oxygen atoms in total. The van der Waals surface area contributed by atoms with Gasteiger partial charge in [0.05, 0.1) is 6.61 Å². The van der Waals surface area contributed by atoms with E-state index in [4.69, 9.17) is 27.9 Å². The van der Waals surface area contributed by atoms with Gasteiger partial charge in [-0.05, 0) is 66.6 Å². The maximum atomic E-state index is 11.0. The van der Waals surface area contributed by atoms with E-state index in [1.165, 1.54) is 29.5 Å². The first-order valence-corrected chi connectivity index (χ1v) is 14.3. The van der Waals surface area contributed by atoms with Crippen molar-refractivity contribution in [1.29, 1.82) is 0 Å². The van der Waals surface area contributed by atoms with Gasteiger partial charge in [0.2, 0.25) is 0 Å². The van der Waals surface area contributed by atoms with Crippen molar-refractivity contribution in [2.24, 2.45) is 5.92 Å². The topological polar surface area (TPSA) is 26.3 Å². The third-order valence-electron chi connectivity index (χ3n) is 6.56. The van der Waals surface area contributed by atoms with E-state index in [9.17, 15) is 4.79 Å². The van der Waals surface area contributed by atoms with Gasteiger partial charge in [-0.15, -0.1) is 0 Å². The van der Waals surface area contributed by atoms with Gasteiger partial charge in [0.15, 0.2) is 0 Å². The summed E-state index contributed by atoms with van der Waals surface area (Å²) in [4.78, 5) is 11.0. The fraction of sp³-hybridized carbons (Fsp3) is 0.424. The minimum atomic E-state index is -0.119. The lowest BCUT2D eigenvalue weighted by molar-refractivity contribution is -0.143. The Bertz CT molecular complexity index is 988. The zero-order chi connectivity index (χ0) is 27.7. The molecule has 3 aromatic rings. The molecule has 37 heavy (non-hydrogen) atoms. The summed E-state index contributed by atoms with van der Waals surface area (Å²) in [6.07, 6.45) is 4.72. The molecule has 0 N–H and O–H groups in total. The molecule has 1 atom stereocenters. The number of halogens is 2. The van der Waals surface area contributed by atoms with Gasteiger partial charge in [0, 0.05) is 21.9 Å². The van der Waals surface area contributed by atoms with Crippen LogP contribution in [-0.2, 0) is 21.4 Å². The Morgan fingerprint density at radius 1 is 0.838 bits per heavy atom. The van der Waals surface area contributed by atoms with E-state index in [-0.39, 0.29) is 11.4 Å². The highest BCUT2D eigenvalue weighted by Gasteiger charge is 2.36. The second kappa shape index (κ2) is 18.0. The summed E-state index contributed by atoms with van der Waals surface area (Å²) in [5, 5.41) is 1.58. The molecule has 202 valence electrons. The molecule has 0 aromatic heterocycles. The molecule has 0 bridgehead atoms. The molecule has 4 heteroatoms. The van der Waals surface area contributed by atoms with E-state index in [2.05, 4.69) is 45.0 Å². The average molecular weight is 544 g/mol. The lowest BCUT2D eigenvalue weighted by Crippen LogP contribution is -2.33. The fourth-order valence-electron chi connectivity index (χ4n) is 4.63. The Balaban J connectivity index is 0.000000389. The summed E-state index contributed by atoms with van der Waals surface area (Å²) < 4.78 is 4.82. The summed E-state index contributed by atoms with van der Waals surface area (Å²) in [7, 11) is 0. The molecular formula is C33H44Cl2O2. The highest BCUT2D eigenvalue weighted by atomic mass is 35.5. The Morgan fingerprint density at radius 3 is 1.81 bits per heavy atom. The largest absolute Gasteiger partial charge is 0.466 e. The van der Waals surface area contributed by atoms with Crippen LogP contribution >= 0.6 is 23.2 Å². The van der Waals surface area contributed by atoms with Gasteiger partial charge in [-0.3, -0.25) is 4.79 Å². The third-order valence-corrected chi connectivity index (χ3v) is 7.03. The van der Waals surface area contributed by atoms with E-state index < -0.39 is 0 Å². The smallest absolute Gasteiger partial charge is 0.306 e. The maximum absolute atomic E-state index is 11.0. The van der Waals surface area contributed by atoms with Crippen LogP contribution in [0.3, 0.4) is 0 Å². The molecule has 0 amide bonds. The standard InChI is InChI=1S/C20H24Cl2.C11H14O2.C2H6/c1-4-8-15(5-2)20(3,16-9-6-11-18(21)13-16)17-10-7-12-19(22)14-17;1-2-13-11(12)9-8-10-6-4-3-5-7-10;1-2/h6-7,9-15H,4-5,8H2,1-3H3;3-7H,2,8-9H2,1H3;1-2H3. The third kappa shape index (κ3) is 10.5. The number of hydrogen-bond acceptors (Lipinski definition) is 2. The first-order valence-electron chi connectivity index (χ1n) is 13.6.